The first-order chi connectivity index (χ1) is 11.1. The minimum atomic E-state index is -0.328. The Kier molecular flexibility index (Phi) is 3.55. The van der Waals surface area contributed by atoms with Crippen molar-refractivity contribution in [2.45, 2.75) is 11.3 Å². The summed E-state index contributed by atoms with van der Waals surface area (Å²) in [5, 5.41) is 7.02. The van der Waals surface area contributed by atoms with Gasteiger partial charge in [-0.2, -0.15) is 0 Å². The van der Waals surface area contributed by atoms with Gasteiger partial charge in [-0.05, 0) is 25.3 Å². The Labute approximate surface area is 142 Å². The summed E-state index contributed by atoms with van der Waals surface area (Å²) in [6, 6.07) is 5.48. The second-order valence-corrected chi connectivity index (χ2v) is 7.79. The maximum atomic E-state index is 12.1. The smallest absolute Gasteiger partial charge is 0.279 e. The highest BCUT2D eigenvalue weighted by Crippen LogP contribution is 2.38. The van der Waals surface area contributed by atoms with Gasteiger partial charge in [0, 0.05) is 6.07 Å². The maximum absolute atomic E-state index is 12.1. The maximum Gasteiger partial charge on any atom is 0.279 e. The van der Waals surface area contributed by atoms with Crippen LogP contribution in [0.25, 0.3) is 20.4 Å². The molecule has 0 aliphatic carbocycles. The van der Waals surface area contributed by atoms with Crippen molar-refractivity contribution in [3.05, 3.63) is 29.7 Å². The monoisotopic (exact) mass is 362 g/mol. The third-order valence-electron chi connectivity index (χ3n) is 3.15. The van der Waals surface area contributed by atoms with E-state index in [2.05, 4.69) is 20.4 Å². The molecule has 116 valence electrons. The molecule has 0 bridgehead atoms. The number of fused-ring (bicyclic) bond motifs is 3. The topological polar surface area (TPSA) is 80.9 Å². The number of thiazole rings is 2. The zero-order valence-electron chi connectivity index (χ0n) is 12.1. The molecule has 6 nitrogen and oxygen atoms in total. The van der Waals surface area contributed by atoms with Gasteiger partial charge in [0.15, 0.2) is 15.2 Å². The number of hydrogen-bond donors (Lipinski definition) is 1. The van der Waals surface area contributed by atoms with E-state index >= 15 is 0 Å². The van der Waals surface area contributed by atoms with Gasteiger partial charge in [0.2, 0.25) is 0 Å². The molecule has 1 N–H and O–H groups in total. The Hall–Kier alpha value is -1.97. The molecular formula is C14H10N4O2S3. The highest BCUT2D eigenvalue weighted by atomic mass is 32.2. The van der Waals surface area contributed by atoms with E-state index in [1.54, 1.807) is 36.1 Å². The van der Waals surface area contributed by atoms with Gasteiger partial charge in [-0.1, -0.05) is 28.3 Å². The van der Waals surface area contributed by atoms with Crippen LogP contribution in [0.5, 0.6) is 0 Å². The lowest BCUT2D eigenvalue weighted by Crippen LogP contribution is -2.11. The zero-order chi connectivity index (χ0) is 16.0. The number of amides is 1. The molecule has 0 fully saturated rings. The number of nitrogens with zero attached hydrogens (tertiary/aromatic N) is 3. The first kappa shape index (κ1) is 14.6. The Balaban J connectivity index is 1.72. The molecule has 4 aromatic rings. The number of nitrogens with one attached hydrogen (secondary N) is 1. The summed E-state index contributed by atoms with van der Waals surface area (Å²) >= 11 is 4.70. The molecule has 1 aromatic carbocycles. The predicted octanol–water partition coefficient (Wildman–Crippen LogP) is 4.18. The first-order valence-corrected chi connectivity index (χ1v) is 9.48. The molecule has 0 unspecified atom stereocenters. The van der Waals surface area contributed by atoms with Crippen LogP contribution in [0, 0.1) is 6.92 Å². The predicted molar refractivity (Wildman–Crippen MR) is 93.8 cm³/mol. The van der Waals surface area contributed by atoms with Crippen molar-refractivity contribution in [1.82, 2.24) is 15.1 Å². The lowest BCUT2D eigenvalue weighted by atomic mass is 10.3. The number of carbonyl (C=O) groups is 1. The molecule has 0 spiro atoms. The fourth-order valence-corrected chi connectivity index (χ4v) is 4.78. The lowest BCUT2D eigenvalue weighted by molar-refractivity contribution is 0.101. The van der Waals surface area contributed by atoms with Crippen LogP contribution in [0.1, 0.15) is 16.2 Å². The van der Waals surface area contributed by atoms with Gasteiger partial charge >= 0.3 is 0 Å². The van der Waals surface area contributed by atoms with E-state index in [-0.39, 0.29) is 11.6 Å². The average Bonchev–Trinajstić information content (AvgIpc) is 3.22. The lowest BCUT2D eigenvalue weighted by Gasteiger charge is -1.95. The third-order valence-corrected chi connectivity index (χ3v) is 6.36. The first-order valence-electron chi connectivity index (χ1n) is 6.63. The minimum Gasteiger partial charge on any atom is -0.361 e. The van der Waals surface area contributed by atoms with Gasteiger partial charge in [0.05, 0.1) is 20.4 Å². The van der Waals surface area contributed by atoms with E-state index in [1.165, 1.54) is 11.3 Å². The molecule has 0 radical (unpaired) electrons. The van der Waals surface area contributed by atoms with Gasteiger partial charge in [-0.25, -0.2) is 9.97 Å². The molecule has 0 saturated carbocycles. The standard InChI is InChI=1S/C14H10N4O2S3/c1-6-5-9(18-20-6)12(19)17-13-15-7-3-4-8-11(10(7)22-13)23-14(16-8)21-2/h3-5H,1-2H3,(H,15,17,19). The van der Waals surface area contributed by atoms with Crippen molar-refractivity contribution in [2.75, 3.05) is 11.6 Å². The number of aryl methyl sites for hydroxylation is 1. The third kappa shape index (κ3) is 2.60. The van der Waals surface area contributed by atoms with Crippen molar-refractivity contribution in [3.8, 4) is 0 Å². The second kappa shape index (κ2) is 5.59. The van der Waals surface area contributed by atoms with Crippen LogP contribution in [0.2, 0.25) is 0 Å². The number of carbonyl (C=O) groups excluding carboxylic acids is 1. The van der Waals surface area contributed by atoms with E-state index in [0.717, 1.165) is 24.8 Å². The number of hydrogen-bond acceptors (Lipinski definition) is 8. The summed E-state index contributed by atoms with van der Waals surface area (Å²) < 4.78 is 8.07. The molecule has 3 heterocycles. The SMILES string of the molecule is CSc1nc2ccc3nc(NC(=O)c4cc(C)on4)sc3c2s1. The Bertz CT molecular complexity index is 1030. The summed E-state index contributed by atoms with van der Waals surface area (Å²) in [6.45, 7) is 1.74. The van der Waals surface area contributed by atoms with Crippen LogP contribution >= 0.6 is 34.4 Å². The molecule has 23 heavy (non-hydrogen) atoms. The van der Waals surface area contributed by atoms with E-state index < -0.39 is 0 Å². The van der Waals surface area contributed by atoms with Crippen LogP contribution in [0.3, 0.4) is 0 Å². The number of thioether (sulfide) groups is 1. The number of aromatic nitrogens is 3. The highest BCUT2D eigenvalue weighted by Gasteiger charge is 2.16. The summed E-state index contributed by atoms with van der Waals surface area (Å²) in [6.07, 6.45) is 2.01. The Morgan fingerprint density at radius 3 is 2.65 bits per heavy atom. The molecular weight excluding hydrogens is 352 g/mol. The normalized spacial score (nSPS) is 11.4. The van der Waals surface area contributed by atoms with Gasteiger partial charge in [0.25, 0.3) is 5.91 Å². The largest absolute Gasteiger partial charge is 0.361 e. The van der Waals surface area contributed by atoms with E-state index in [9.17, 15) is 4.79 Å². The summed E-state index contributed by atoms with van der Waals surface area (Å²) in [5.74, 6) is 0.265. The minimum absolute atomic E-state index is 0.245. The average molecular weight is 362 g/mol. The summed E-state index contributed by atoms with van der Waals surface area (Å²) in [4.78, 5) is 21.2. The van der Waals surface area contributed by atoms with Crippen LogP contribution in [0.4, 0.5) is 5.13 Å². The van der Waals surface area contributed by atoms with Crippen molar-refractivity contribution in [2.24, 2.45) is 0 Å². The van der Waals surface area contributed by atoms with Crippen molar-refractivity contribution >= 4 is 65.9 Å². The van der Waals surface area contributed by atoms with Crippen LogP contribution in [-0.4, -0.2) is 27.3 Å². The Morgan fingerprint density at radius 1 is 1.22 bits per heavy atom. The van der Waals surface area contributed by atoms with Crippen molar-refractivity contribution in [3.63, 3.8) is 0 Å². The fourth-order valence-electron chi connectivity index (χ4n) is 2.13. The fraction of sp³-hybridized carbons (Fsp3) is 0.143. The van der Waals surface area contributed by atoms with Gasteiger partial charge in [-0.3, -0.25) is 10.1 Å². The zero-order valence-corrected chi connectivity index (χ0v) is 14.6. The van der Waals surface area contributed by atoms with E-state index in [0.29, 0.717) is 10.9 Å². The van der Waals surface area contributed by atoms with Gasteiger partial charge in [0.1, 0.15) is 5.76 Å². The summed E-state index contributed by atoms with van der Waals surface area (Å²) in [7, 11) is 0. The van der Waals surface area contributed by atoms with E-state index in [1.807, 2.05) is 18.4 Å². The molecule has 3 aromatic heterocycles. The molecule has 0 atom stereocenters. The van der Waals surface area contributed by atoms with Gasteiger partial charge in [-0.15, -0.1) is 11.3 Å². The van der Waals surface area contributed by atoms with Crippen LogP contribution in [-0.2, 0) is 0 Å². The number of anilines is 1. The van der Waals surface area contributed by atoms with Crippen molar-refractivity contribution < 1.29 is 9.32 Å². The summed E-state index contributed by atoms with van der Waals surface area (Å²) in [5.41, 5.74) is 2.06. The quantitative estimate of drug-likeness (QED) is 0.551. The molecule has 9 heteroatoms. The molecule has 0 aliphatic heterocycles. The molecule has 4 rings (SSSR count). The highest BCUT2D eigenvalue weighted by molar-refractivity contribution is 8.00. The van der Waals surface area contributed by atoms with Crippen LogP contribution < -0.4 is 5.32 Å². The molecule has 0 aliphatic rings. The van der Waals surface area contributed by atoms with E-state index in [4.69, 9.17) is 4.52 Å². The Morgan fingerprint density at radius 2 is 1.96 bits per heavy atom. The molecule has 1 amide bonds. The number of benzene rings is 1. The van der Waals surface area contributed by atoms with Gasteiger partial charge < -0.3 is 4.52 Å². The number of rotatable bonds is 3. The van der Waals surface area contributed by atoms with Crippen molar-refractivity contribution in [1.29, 1.82) is 0 Å². The molecule has 0 saturated heterocycles. The van der Waals surface area contributed by atoms with Crippen LogP contribution in [0.15, 0.2) is 27.1 Å². The second-order valence-electron chi connectivity index (χ2n) is 4.74.